The zero-order chi connectivity index (χ0) is 18.6. The molecule has 0 atom stereocenters. The number of hydrogen-bond acceptors (Lipinski definition) is 7. The normalized spacial score (nSPS) is 11.0. The van der Waals surface area contributed by atoms with E-state index in [0.29, 0.717) is 22.1 Å². The number of aryl methyl sites for hydroxylation is 1. The first kappa shape index (κ1) is 17.6. The molecule has 0 spiro atoms. The van der Waals surface area contributed by atoms with Crippen molar-refractivity contribution in [3.05, 3.63) is 71.0 Å². The van der Waals surface area contributed by atoms with E-state index in [2.05, 4.69) is 20.2 Å². The summed E-state index contributed by atoms with van der Waals surface area (Å²) in [5.41, 5.74) is 2.24. The van der Waals surface area contributed by atoms with Crippen molar-refractivity contribution >= 4 is 45.0 Å². The molecule has 0 radical (unpaired) electrons. The summed E-state index contributed by atoms with van der Waals surface area (Å²) in [5.74, 6) is 0.283. The number of para-hydroxylation sites is 2. The molecular weight excluding hydrogens is 380 g/mol. The molecule has 0 saturated heterocycles. The average molecular weight is 394 g/mol. The van der Waals surface area contributed by atoms with Crippen LogP contribution >= 0.6 is 23.1 Å². The zero-order valence-corrected chi connectivity index (χ0v) is 15.7. The molecule has 0 aliphatic heterocycles. The number of Topliss-reactive ketones (excluding diaryl/α,β-unsaturated/α-hetero) is 1. The Morgan fingerprint density at radius 2 is 1.78 bits per heavy atom. The van der Waals surface area contributed by atoms with Crippen molar-refractivity contribution in [1.82, 2.24) is 20.2 Å². The van der Waals surface area contributed by atoms with Crippen molar-refractivity contribution in [2.24, 2.45) is 0 Å². The van der Waals surface area contributed by atoms with Gasteiger partial charge in [0.15, 0.2) is 15.9 Å². The van der Waals surface area contributed by atoms with Crippen molar-refractivity contribution in [3.63, 3.8) is 0 Å². The van der Waals surface area contributed by atoms with Crippen LogP contribution in [-0.4, -0.2) is 31.1 Å². The lowest BCUT2D eigenvalue weighted by atomic mass is 10.2. The number of nitrogens with zero attached hydrogens (tertiary/aromatic N) is 3. The minimum Gasteiger partial charge on any atom is -0.335 e. The topological polar surface area (TPSA) is 88.6 Å². The van der Waals surface area contributed by atoms with Gasteiger partial charge < -0.3 is 4.98 Å². The molecule has 0 fully saturated rings. The number of benzene rings is 2. The highest BCUT2D eigenvalue weighted by Gasteiger charge is 2.15. The first-order valence-corrected chi connectivity index (χ1v) is 9.90. The van der Waals surface area contributed by atoms with Crippen LogP contribution < -0.4 is 0 Å². The Bertz CT molecular complexity index is 1070. The molecule has 8 heteroatoms. The van der Waals surface area contributed by atoms with Crippen LogP contribution in [0.5, 0.6) is 0 Å². The molecule has 4 aromatic rings. The lowest BCUT2D eigenvalue weighted by Gasteiger charge is -1.96. The van der Waals surface area contributed by atoms with Gasteiger partial charge in [0.2, 0.25) is 5.12 Å². The van der Waals surface area contributed by atoms with Gasteiger partial charge in [-0.15, -0.1) is 10.2 Å². The number of aromatic amines is 1. The standard InChI is InChI=1S/C19H14N4O2S2/c24-15(17-20-13-8-4-5-9-14(13)21-17)10-11-16-22-23-19(26-16)27-18(25)12-6-2-1-3-7-12/h1-9H,10-11H2,(H,20,21). The maximum absolute atomic E-state index is 12.4. The number of fused-ring (bicyclic) bond motifs is 1. The first-order valence-electron chi connectivity index (χ1n) is 8.26. The summed E-state index contributed by atoms with van der Waals surface area (Å²) in [5, 5.41) is 8.78. The maximum atomic E-state index is 12.4. The van der Waals surface area contributed by atoms with Gasteiger partial charge in [-0.1, -0.05) is 53.8 Å². The maximum Gasteiger partial charge on any atom is 0.226 e. The fourth-order valence-electron chi connectivity index (χ4n) is 2.52. The number of nitrogens with one attached hydrogen (secondary N) is 1. The number of hydrogen-bond donors (Lipinski definition) is 1. The fourth-order valence-corrected chi connectivity index (χ4v) is 4.26. The molecule has 0 aliphatic rings. The number of imidazole rings is 1. The molecule has 27 heavy (non-hydrogen) atoms. The highest BCUT2D eigenvalue weighted by atomic mass is 32.2. The monoisotopic (exact) mass is 394 g/mol. The van der Waals surface area contributed by atoms with Gasteiger partial charge in [0.1, 0.15) is 5.01 Å². The quantitative estimate of drug-likeness (QED) is 0.390. The highest BCUT2D eigenvalue weighted by Crippen LogP contribution is 2.26. The number of carbonyl (C=O) groups is 2. The third kappa shape index (κ3) is 4.12. The summed E-state index contributed by atoms with van der Waals surface area (Å²) >= 11 is 2.39. The number of aromatic nitrogens is 4. The van der Waals surface area contributed by atoms with Crippen LogP contribution in [-0.2, 0) is 6.42 Å². The number of thioether (sulfide) groups is 1. The molecule has 6 nitrogen and oxygen atoms in total. The van der Waals surface area contributed by atoms with Gasteiger partial charge in [-0.2, -0.15) is 0 Å². The third-order valence-corrected chi connectivity index (χ3v) is 5.81. The number of H-pyrrole nitrogens is 1. The van der Waals surface area contributed by atoms with Crippen LogP contribution in [0.4, 0.5) is 0 Å². The molecule has 0 unspecified atom stereocenters. The smallest absolute Gasteiger partial charge is 0.226 e. The van der Waals surface area contributed by atoms with Crippen LogP contribution in [0.25, 0.3) is 11.0 Å². The van der Waals surface area contributed by atoms with Gasteiger partial charge in [-0.25, -0.2) is 4.98 Å². The molecule has 2 heterocycles. The molecule has 0 bridgehead atoms. The van der Waals surface area contributed by atoms with E-state index in [1.807, 2.05) is 42.5 Å². The summed E-state index contributed by atoms with van der Waals surface area (Å²) in [4.78, 5) is 31.9. The van der Waals surface area contributed by atoms with Gasteiger partial charge in [0, 0.05) is 18.4 Å². The lowest BCUT2D eigenvalue weighted by molar-refractivity contribution is 0.0973. The zero-order valence-electron chi connectivity index (χ0n) is 14.1. The number of carbonyl (C=O) groups excluding carboxylic acids is 2. The second-order valence-corrected chi connectivity index (χ2v) is 8.03. The predicted octanol–water partition coefficient (Wildman–Crippen LogP) is 4.16. The molecule has 0 aliphatic carbocycles. The molecule has 4 rings (SSSR count). The van der Waals surface area contributed by atoms with E-state index in [1.54, 1.807) is 12.1 Å². The van der Waals surface area contributed by atoms with Crippen molar-refractivity contribution in [2.45, 2.75) is 17.2 Å². The lowest BCUT2D eigenvalue weighted by Crippen LogP contribution is -2.03. The van der Waals surface area contributed by atoms with Gasteiger partial charge >= 0.3 is 0 Å². The summed E-state index contributed by atoms with van der Waals surface area (Å²) < 4.78 is 0.579. The number of rotatable bonds is 6. The van der Waals surface area contributed by atoms with E-state index in [1.165, 1.54) is 11.3 Å². The van der Waals surface area contributed by atoms with Crippen LogP contribution in [0.3, 0.4) is 0 Å². The van der Waals surface area contributed by atoms with E-state index in [0.717, 1.165) is 27.8 Å². The van der Waals surface area contributed by atoms with Gasteiger partial charge in [0.25, 0.3) is 0 Å². The molecule has 1 N–H and O–H groups in total. The fraction of sp³-hybridized carbons (Fsp3) is 0.105. The Hall–Kier alpha value is -2.84. The van der Waals surface area contributed by atoms with Gasteiger partial charge in [-0.05, 0) is 23.9 Å². The largest absolute Gasteiger partial charge is 0.335 e. The first-order chi connectivity index (χ1) is 13.2. The molecule has 2 aromatic heterocycles. The van der Waals surface area contributed by atoms with E-state index >= 15 is 0 Å². The van der Waals surface area contributed by atoms with Crippen molar-refractivity contribution in [3.8, 4) is 0 Å². The average Bonchev–Trinajstić information content (AvgIpc) is 3.33. The Kier molecular flexibility index (Phi) is 5.08. The van der Waals surface area contributed by atoms with E-state index in [9.17, 15) is 9.59 Å². The van der Waals surface area contributed by atoms with Crippen LogP contribution in [0.2, 0.25) is 0 Å². The minimum atomic E-state index is -0.0732. The Labute approximate surface area is 163 Å². The summed E-state index contributed by atoms with van der Waals surface area (Å²) in [6, 6.07) is 16.6. The van der Waals surface area contributed by atoms with E-state index in [4.69, 9.17) is 0 Å². The minimum absolute atomic E-state index is 0.0725. The predicted molar refractivity (Wildman–Crippen MR) is 105 cm³/mol. The molecule has 0 saturated carbocycles. The second-order valence-electron chi connectivity index (χ2n) is 5.74. The van der Waals surface area contributed by atoms with Crippen molar-refractivity contribution in [1.29, 1.82) is 0 Å². The summed E-state index contributed by atoms with van der Waals surface area (Å²) in [6.07, 6.45) is 0.749. The molecular formula is C19H14N4O2S2. The summed E-state index contributed by atoms with van der Waals surface area (Å²) in [6.45, 7) is 0. The van der Waals surface area contributed by atoms with Crippen LogP contribution in [0, 0.1) is 0 Å². The van der Waals surface area contributed by atoms with Crippen molar-refractivity contribution < 1.29 is 9.59 Å². The highest BCUT2D eigenvalue weighted by molar-refractivity contribution is 8.15. The SMILES string of the molecule is O=C(Sc1nnc(CCC(=O)c2nc3ccccc3[nH]2)s1)c1ccccc1. The Morgan fingerprint density at radius 3 is 2.59 bits per heavy atom. The Balaban J connectivity index is 1.36. The second kappa shape index (κ2) is 7.81. The number of ketones is 1. The third-order valence-electron chi connectivity index (χ3n) is 3.86. The van der Waals surface area contributed by atoms with Crippen molar-refractivity contribution in [2.75, 3.05) is 0 Å². The Morgan fingerprint density at radius 1 is 1.00 bits per heavy atom. The summed E-state index contributed by atoms with van der Waals surface area (Å²) in [7, 11) is 0. The van der Waals surface area contributed by atoms with E-state index in [-0.39, 0.29) is 17.3 Å². The molecule has 0 amide bonds. The van der Waals surface area contributed by atoms with Crippen LogP contribution in [0.15, 0.2) is 58.9 Å². The van der Waals surface area contributed by atoms with Gasteiger partial charge in [-0.3, -0.25) is 9.59 Å². The van der Waals surface area contributed by atoms with Gasteiger partial charge in [0.05, 0.1) is 11.0 Å². The van der Waals surface area contributed by atoms with Crippen LogP contribution in [0.1, 0.15) is 32.4 Å². The van der Waals surface area contributed by atoms with E-state index < -0.39 is 0 Å². The molecule has 2 aromatic carbocycles. The molecule has 134 valence electrons.